The van der Waals surface area contributed by atoms with E-state index in [0.29, 0.717) is 19.1 Å². The normalized spacial score (nSPS) is 22.8. The Kier molecular flexibility index (Phi) is 5.25. The molecule has 0 saturated carbocycles. The maximum absolute atomic E-state index is 13.6. The Balaban J connectivity index is 2.07. The second-order valence-corrected chi connectivity index (χ2v) is 4.72. The maximum atomic E-state index is 13.6. The Morgan fingerprint density at radius 1 is 1.20 bits per heavy atom. The van der Waals surface area contributed by atoms with Gasteiger partial charge in [0.15, 0.2) is 23.7 Å². The van der Waals surface area contributed by atoms with E-state index in [9.17, 15) is 13.2 Å². The van der Waals surface area contributed by atoms with Crippen LogP contribution in [0.5, 0.6) is 5.75 Å². The third-order valence-corrected chi connectivity index (χ3v) is 3.16. The highest BCUT2D eigenvalue weighted by Gasteiger charge is 2.25. The average molecular weight is 290 g/mol. The fourth-order valence-corrected chi connectivity index (χ4v) is 2.22. The quantitative estimate of drug-likeness (QED) is 0.827. The molecule has 1 saturated heterocycles. The Bertz CT molecular complexity index is 422. The summed E-state index contributed by atoms with van der Waals surface area (Å²) in [6.45, 7) is 1.76. The molecular formula is C14H17F3O3. The first kappa shape index (κ1) is 15.1. The Morgan fingerprint density at radius 3 is 2.30 bits per heavy atom. The van der Waals surface area contributed by atoms with Crippen LogP contribution in [0.25, 0.3) is 0 Å². The summed E-state index contributed by atoms with van der Waals surface area (Å²) in [5.74, 6) is -2.36. The molecule has 0 N–H and O–H groups in total. The Morgan fingerprint density at radius 2 is 1.80 bits per heavy atom. The van der Waals surface area contributed by atoms with Crippen molar-refractivity contribution in [3.8, 4) is 5.75 Å². The molecule has 1 aromatic rings. The van der Waals surface area contributed by atoms with E-state index in [1.165, 1.54) is 0 Å². The van der Waals surface area contributed by atoms with E-state index in [1.807, 2.05) is 0 Å². The van der Waals surface area contributed by atoms with E-state index >= 15 is 0 Å². The molecule has 20 heavy (non-hydrogen) atoms. The number of ether oxygens (including phenoxy) is 3. The van der Waals surface area contributed by atoms with Gasteiger partial charge in [-0.25, -0.2) is 13.2 Å². The predicted octanol–water partition coefficient (Wildman–Crippen LogP) is 3.73. The highest BCUT2D eigenvalue weighted by molar-refractivity contribution is 5.32. The van der Waals surface area contributed by atoms with Crippen molar-refractivity contribution in [2.45, 2.75) is 26.1 Å². The largest absolute Gasteiger partial charge is 0.457 e. The van der Waals surface area contributed by atoms with Crippen LogP contribution in [-0.4, -0.2) is 20.1 Å². The van der Waals surface area contributed by atoms with Gasteiger partial charge in [0.05, 0.1) is 13.2 Å². The Labute approximate surface area is 115 Å². The topological polar surface area (TPSA) is 27.7 Å². The summed E-state index contributed by atoms with van der Waals surface area (Å²) in [6, 6.07) is 2.08. The molecule has 0 amide bonds. The summed E-state index contributed by atoms with van der Waals surface area (Å²) in [7, 11) is 0. The minimum absolute atomic E-state index is 0.223. The van der Waals surface area contributed by atoms with Crippen molar-refractivity contribution in [3.05, 3.63) is 29.3 Å². The van der Waals surface area contributed by atoms with Gasteiger partial charge in [-0.1, -0.05) is 13.3 Å². The molecule has 0 aliphatic carbocycles. The van der Waals surface area contributed by atoms with E-state index in [-0.39, 0.29) is 5.56 Å². The lowest BCUT2D eigenvalue weighted by Crippen LogP contribution is -2.27. The third-order valence-electron chi connectivity index (χ3n) is 3.16. The minimum atomic E-state index is -1.29. The summed E-state index contributed by atoms with van der Waals surface area (Å²) in [5.41, 5.74) is 0.223. The van der Waals surface area contributed by atoms with E-state index < -0.39 is 30.5 Å². The lowest BCUT2D eigenvalue weighted by molar-refractivity contribution is -0.206. The van der Waals surface area contributed by atoms with E-state index in [0.717, 1.165) is 25.0 Å². The van der Waals surface area contributed by atoms with Crippen LogP contribution in [0, 0.1) is 17.6 Å². The number of halogens is 3. The van der Waals surface area contributed by atoms with Gasteiger partial charge in [-0.05, 0) is 18.6 Å². The molecular weight excluding hydrogens is 273 g/mol. The summed E-state index contributed by atoms with van der Waals surface area (Å²) in [6.07, 6.45) is 1.21. The van der Waals surface area contributed by atoms with Gasteiger partial charge >= 0.3 is 0 Å². The number of alkyl halides is 1. The van der Waals surface area contributed by atoms with Crippen LogP contribution in [-0.2, 0) is 9.47 Å². The van der Waals surface area contributed by atoms with Crippen molar-refractivity contribution < 1.29 is 27.4 Å². The molecule has 1 aliphatic rings. The number of hydrogen-bond donors (Lipinski definition) is 0. The molecule has 1 fully saturated rings. The second-order valence-electron chi connectivity index (χ2n) is 4.72. The molecule has 112 valence electrons. The molecule has 0 bridgehead atoms. The van der Waals surface area contributed by atoms with Crippen LogP contribution in [0.15, 0.2) is 12.1 Å². The van der Waals surface area contributed by atoms with Crippen LogP contribution in [0.4, 0.5) is 13.2 Å². The van der Waals surface area contributed by atoms with Crippen LogP contribution in [0.2, 0.25) is 0 Å². The summed E-state index contributed by atoms with van der Waals surface area (Å²) < 4.78 is 54.4. The zero-order valence-electron chi connectivity index (χ0n) is 11.2. The molecule has 6 heteroatoms. The highest BCUT2D eigenvalue weighted by atomic mass is 19.1. The fourth-order valence-electron chi connectivity index (χ4n) is 2.22. The first-order valence-corrected chi connectivity index (χ1v) is 6.56. The van der Waals surface area contributed by atoms with Crippen LogP contribution >= 0.6 is 0 Å². The zero-order valence-corrected chi connectivity index (χ0v) is 11.2. The summed E-state index contributed by atoms with van der Waals surface area (Å²) in [4.78, 5) is 0. The predicted molar refractivity (Wildman–Crippen MR) is 66.0 cm³/mol. The molecule has 1 aromatic carbocycles. The smallest absolute Gasteiger partial charge is 0.228 e. The first-order chi connectivity index (χ1) is 9.65. The molecule has 0 atom stereocenters. The molecule has 3 nitrogen and oxygen atoms in total. The molecule has 2 rings (SSSR count). The van der Waals surface area contributed by atoms with Gasteiger partial charge in [-0.2, -0.15) is 0 Å². The van der Waals surface area contributed by atoms with E-state index in [4.69, 9.17) is 9.47 Å². The summed E-state index contributed by atoms with van der Waals surface area (Å²) in [5, 5.41) is 0. The van der Waals surface area contributed by atoms with Gasteiger partial charge in [0.1, 0.15) is 0 Å². The zero-order chi connectivity index (χ0) is 14.5. The van der Waals surface area contributed by atoms with Gasteiger partial charge in [0.2, 0.25) is 6.86 Å². The van der Waals surface area contributed by atoms with Crippen molar-refractivity contribution >= 4 is 0 Å². The monoisotopic (exact) mass is 290 g/mol. The lowest BCUT2D eigenvalue weighted by Gasteiger charge is -2.29. The average Bonchev–Trinajstić information content (AvgIpc) is 2.44. The van der Waals surface area contributed by atoms with E-state index in [2.05, 4.69) is 11.7 Å². The van der Waals surface area contributed by atoms with Gasteiger partial charge in [0, 0.05) is 11.5 Å². The molecule has 1 aliphatic heterocycles. The standard InChI is InChI=1S/C14H17F3O3/c1-2-3-9-6-18-14(19-7-9)10-4-11(16)13(20-8-15)12(17)5-10/h4-5,9,14H,2-3,6-8H2,1H3. The molecule has 0 spiro atoms. The third kappa shape index (κ3) is 3.43. The fraction of sp³-hybridized carbons (Fsp3) is 0.571. The number of rotatable bonds is 5. The van der Waals surface area contributed by atoms with Crippen molar-refractivity contribution in [2.24, 2.45) is 5.92 Å². The molecule has 0 aromatic heterocycles. The van der Waals surface area contributed by atoms with Gasteiger partial charge < -0.3 is 14.2 Å². The molecule has 0 unspecified atom stereocenters. The van der Waals surface area contributed by atoms with Crippen LogP contribution < -0.4 is 4.74 Å². The van der Waals surface area contributed by atoms with Crippen molar-refractivity contribution in [3.63, 3.8) is 0 Å². The van der Waals surface area contributed by atoms with Gasteiger partial charge in [-0.15, -0.1) is 0 Å². The van der Waals surface area contributed by atoms with Gasteiger partial charge in [0.25, 0.3) is 0 Å². The number of benzene rings is 1. The van der Waals surface area contributed by atoms with Gasteiger partial charge in [-0.3, -0.25) is 0 Å². The maximum Gasteiger partial charge on any atom is 0.228 e. The molecule has 1 heterocycles. The van der Waals surface area contributed by atoms with Crippen molar-refractivity contribution in [2.75, 3.05) is 20.1 Å². The van der Waals surface area contributed by atoms with Crippen LogP contribution in [0.3, 0.4) is 0 Å². The minimum Gasteiger partial charge on any atom is -0.457 e. The summed E-state index contributed by atoms with van der Waals surface area (Å²) >= 11 is 0. The Hall–Kier alpha value is -1.27. The van der Waals surface area contributed by atoms with Crippen LogP contribution in [0.1, 0.15) is 31.6 Å². The highest BCUT2D eigenvalue weighted by Crippen LogP contribution is 2.31. The number of hydrogen-bond acceptors (Lipinski definition) is 3. The first-order valence-electron chi connectivity index (χ1n) is 6.56. The molecule has 0 radical (unpaired) electrons. The second kappa shape index (κ2) is 6.95. The lowest BCUT2D eigenvalue weighted by atomic mass is 10.1. The van der Waals surface area contributed by atoms with Crippen molar-refractivity contribution in [1.29, 1.82) is 0 Å². The SMILES string of the molecule is CCCC1COC(c2cc(F)c(OCF)c(F)c2)OC1. The van der Waals surface area contributed by atoms with E-state index in [1.54, 1.807) is 0 Å². The van der Waals surface area contributed by atoms with Crippen molar-refractivity contribution in [1.82, 2.24) is 0 Å².